The quantitative estimate of drug-likeness (QED) is 0.581. The first-order valence-corrected chi connectivity index (χ1v) is 7.95. The standard InChI is InChI=1S/C11H12O2.C11H10O2/c1-8(9(2)11(12)13)10-6-4-3-5-7-10;1-9(11(12)13)7-8-10-5-3-2-4-6-10/h3-8H,2H2,1H3,(H,12,13);2-8H,1H2,(H,12,13). The molecule has 0 spiro atoms. The van der Waals surface area contributed by atoms with Crippen molar-refractivity contribution < 1.29 is 19.8 Å². The molecule has 2 aromatic rings. The Kier molecular flexibility index (Phi) is 8.31. The molecule has 0 saturated carbocycles. The minimum absolute atomic E-state index is 0.0869. The van der Waals surface area contributed by atoms with Gasteiger partial charge in [0, 0.05) is 11.5 Å². The van der Waals surface area contributed by atoms with Crippen LogP contribution in [-0.2, 0) is 9.59 Å². The summed E-state index contributed by atoms with van der Waals surface area (Å²) >= 11 is 0. The lowest BCUT2D eigenvalue weighted by atomic mass is 9.94. The fraction of sp³-hybridized carbons (Fsp3) is 0.0909. The number of hydrogen-bond acceptors (Lipinski definition) is 2. The topological polar surface area (TPSA) is 74.6 Å². The lowest BCUT2D eigenvalue weighted by Crippen LogP contribution is -2.06. The number of aliphatic carboxylic acids is 2. The van der Waals surface area contributed by atoms with Gasteiger partial charge in [-0.1, -0.05) is 86.8 Å². The molecule has 1 unspecified atom stereocenters. The molecule has 2 rings (SSSR count). The summed E-state index contributed by atoms with van der Waals surface area (Å²) < 4.78 is 0. The average Bonchev–Trinajstić information content (AvgIpc) is 2.66. The van der Waals surface area contributed by atoms with Crippen LogP contribution in [0.15, 0.2) is 91.0 Å². The van der Waals surface area contributed by atoms with E-state index in [4.69, 9.17) is 10.2 Å². The van der Waals surface area contributed by atoms with Crippen LogP contribution in [0.1, 0.15) is 24.0 Å². The Bertz CT molecular complexity index is 789. The van der Waals surface area contributed by atoms with Gasteiger partial charge in [0.25, 0.3) is 0 Å². The predicted octanol–water partition coefficient (Wildman–Crippen LogP) is 4.77. The fourth-order valence-electron chi connectivity index (χ4n) is 1.96. The van der Waals surface area contributed by atoms with Gasteiger partial charge in [-0.3, -0.25) is 0 Å². The molecule has 4 heteroatoms. The van der Waals surface area contributed by atoms with Gasteiger partial charge in [0.2, 0.25) is 0 Å². The number of carbonyl (C=O) groups is 2. The van der Waals surface area contributed by atoms with Gasteiger partial charge < -0.3 is 10.2 Å². The molecule has 0 radical (unpaired) electrons. The van der Waals surface area contributed by atoms with E-state index >= 15 is 0 Å². The van der Waals surface area contributed by atoms with Crippen LogP contribution in [0, 0.1) is 0 Å². The van der Waals surface area contributed by atoms with Gasteiger partial charge in [-0.2, -0.15) is 0 Å². The molecule has 0 amide bonds. The van der Waals surface area contributed by atoms with Crippen molar-refractivity contribution in [3.05, 3.63) is 102 Å². The Hall–Kier alpha value is -3.40. The van der Waals surface area contributed by atoms with E-state index in [2.05, 4.69) is 13.2 Å². The number of rotatable bonds is 6. The van der Waals surface area contributed by atoms with E-state index in [9.17, 15) is 9.59 Å². The molecule has 1 atom stereocenters. The maximum atomic E-state index is 10.6. The lowest BCUT2D eigenvalue weighted by molar-refractivity contribution is -0.133. The van der Waals surface area contributed by atoms with Crippen LogP contribution in [-0.4, -0.2) is 22.2 Å². The maximum Gasteiger partial charge on any atom is 0.335 e. The summed E-state index contributed by atoms with van der Waals surface area (Å²) in [7, 11) is 0. The Morgan fingerprint density at radius 1 is 0.885 bits per heavy atom. The van der Waals surface area contributed by atoms with Crippen LogP contribution in [0.3, 0.4) is 0 Å². The van der Waals surface area contributed by atoms with Gasteiger partial charge in [0.1, 0.15) is 0 Å². The highest BCUT2D eigenvalue weighted by Gasteiger charge is 2.14. The third kappa shape index (κ3) is 7.01. The number of hydrogen-bond donors (Lipinski definition) is 2. The lowest BCUT2D eigenvalue weighted by Gasteiger charge is -2.10. The molecule has 4 nitrogen and oxygen atoms in total. The van der Waals surface area contributed by atoms with Crippen LogP contribution < -0.4 is 0 Å². The zero-order chi connectivity index (χ0) is 19.5. The van der Waals surface area contributed by atoms with E-state index in [1.165, 1.54) is 6.08 Å². The summed E-state index contributed by atoms with van der Waals surface area (Å²) in [6.45, 7) is 8.75. The molecule has 0 bridgehead atoms. The summed E-state index contributed by atoms with van der Waals surface area (Å²) in [4.78, 5) is 21.0. The molecular formula is C22H22O4. The van der Waals surface area contributed by atoms with Crippen molar-refractivity contribution in [2.45, 2.75) is 12.8 Å². The molecule has 0 aliphatic carbocycles. The highest BCUT2D eigenvalue weighted by Crippen LogP contribution is 2.21. The van der Waals surface area contributed by atoms with Crippen molar-refractivity contribution in [2.24, 2.45) is 0 Å². The zero-order valence-electron chi connectivity index (χ0n) is 14.6. The molecular weight excluding hydrogens is 328 g/mol. The Morgan fingerprint density at radius 3 is 1.85 bits per heavy atom. The Balaban J connectivity index is 0.000000260. The molecule has 0 saturated heterocycles. The van der Waals surface area contributed by atoms with Crippen LogP contribution in [0.5, 0.6) is 0 Å². The maximum absolute atomic E-state index is 10.6. The normalized spacial score (nSPS) is 11.1. The van der Waals surface area contributed by atoms with E-state index < -0.39 is 11.9 Å². The minimum Gasteiger partial charge on any atom is -0.478 e. The molecule has 134 valence electrons. The molecule has 2 N–H and O–H groups in total. The van der Waals surface area contributed by atoms with Crippen LogP contribution in [0.25, 0.3) is 6.08 Å². The number of benzene rings is 2. The van der Waals surface area contributed by atoms with Crippen molar-refractivity contribution in [3.8, 4) is 0 Å². The van der Waals surface area contributed by atoms with E-state index in [-0.39, 0.29) is 17.1 Å². The second-order valence-corrected chi connectivity index (χ2v) is 5.54. The van der Waals surface area contributed by atoms with Crippen molar-refractivity contribution in [2.75, 3.05) is 0 Å². The summed E-state index contributed by atoms with van der Waals surface area (Å²) in [5, 5.41) is 17.2. The van der Waals surface area contributed by atoms with Gasteiger partial charge >= 0.3 is 11.9 Å². The van der Waals surface area contributed by atoms with E-state index in [0.717, 1.165) is 11.1 Å². The molecule has 0 fully saturated rings. The molecule has 0 heterocycles. The molecule has 26 heavy (non-hydrogen) atoms. The van der Waals surface area contributed by atoms with Gasteiger partial charge in [-0.15, -0.1) is 0 Å². The van der Waals surface area contributed by atoms with Crippen LogP contribution in [0.4, 0.5) is 0 Å². The second-order valence-electron chi connectivity index (χ2n) is 5.54. The number of carboxylic acids is 2. The SMILES string of the molecule is C=C(C(=O)O)C(C)c1ccccc1.C=C(C=Cc1ccccc1)C(=O)O. The Labute approximate surface area is 153 Å². The molecule has 0 aliphatic heterocycles. The van der Waals surface area contributed by atoms with Crippen LogP contribution in [0.2, 0.25) is 0 Å². The van der Waals surface area contributed by atoms with E-state index in [0.29, 0.717) is 0 Å². The summed E-state index contributed by atoms with van der Waals surface area (Å²) in [6.07, 6.45) is 3.20. The largest absolute Gasteiger partial charge is 0.478 e. The first-order valence-electron chi connectivity index (χ1n) is 7.95. The highest BCUT2D eigenvalue weighted by molar-refractivity contribution is 5.90. The Morgan fingerprint density at radius 2 is 1.38 bits per heavy atom. The van der Waals surface area contributed by atoms with E-state index in [1.54, 1.807) is 6.08 Å². The average molecular weight is 350 g/mol. The van der Waals surface area contributed by atoms with Crippen molar-refractivity contribution in [1.29, 1.82) is 0 Å². The predicted molar refractivity (Wildman–Crippen MR) is 104 cm³/mol. The molecule has 0 aliphatic rings. The van der Waals surface area contributed by atoms with Gasteiger partial charge in [0.15, 0.2) is 0 Å². The first kappa shape index (κ1) is 20.6. The minimum atomic E-state index is -0.993. The summed E-state index contributed by atoms with van der Waals surface area (Å²) in [6, 6.07) is 19.0. The van der Waals surface area contributed by atoms with Crippen molar-refractivity contribution in [3.63, 3.8) is 0 Å². The summed E-state index contributed by atoms with van der Waals surface area (Å²) in [5.74, 6) is -2.05. The second kappa shape index (κ2) is 10.5. The highest BCUT2D eigenvalue weighted by atomic mass is 16.4. The fourth-order valence-corrected chi connectivity index (χ4v) is 1.96. The third-order valence-electron chi connectivity index (χ3n) is 3.65. The van der Waals surface area contributed by atoms with Crippen LogP contribution >= 0.6 is 0 Å². The van der Waals surface area contributed by atoms with Gasteiger partial charge in [0.05, 0.1) is 5.57 Å². The van der Waals surface area contributed by atoms with Crippen molar-refractivity contribution >= 4 is 18.0 Å². The molecule has 2 aromatic carbocycles. The monoisotopic (exact) mass is 350 g/mol. The molecule has 0 aromatic heterocycles. The summed E-state index contributed by atoms with van der Waals surface area (Å²) in [5.41, 5.74) is 2.26. The van der Waals surface area contributed by atoms with Gasteiger partial charge in [-0.25, -0.2) is 9.59 Å². The van der Waals surface area contributed by atoms with Crippen molar-refractivity contribution in [1.82, 2.24) is 0 Å². The van der Waals surface area contributed by atoms with Gasteiger partial charge in [-0.05, 0) is 17.2 Å². The van der Waals surface area contributed by atoms with E-state index in [1.807, 2.05) is 67.6 Å². The number of carboxylic acid groups (broad SMARTS) is 2. The third-order valence-corrected chi connectivity index (χ3v) is 3.65. The first-order chi connectivity index (χ1) is 12.3. The zero-order valence-corrected chi connectivity index (χ0v) is 14.6. The smallest absolute Gasteiger partial charge is 0.335 e.